The van der Waals surface area contributed by atoms with Crippen LogP contribution >= 0.6 is 0 Å². The molecule has 1 saturated carbocycles. The monoisotopic (exact) mass is 390 g/mol. The maximum Gasteiger partial charge on any atom is 0.288 e. The maximum atomic E-state index is 13.0. The minimum atomic E-state index is -2.74. The molecule has 28 heavy (non-hydrogen) atoms. The largest absolute Gasteiger partial charge is 0.484 e. The molecule has 2 aromatic carbocycles. The average Bonchev–Trinajstić information content (AvgIpc) is 3.30. The van der Waals surface area contributed by atoms with Gasteiger partial charge in [0, 0.05) is 30.4 Å². The number of nitrogens with one attached hydrogen (secondary N) is 1. The van der Waals surface area contributed by atoms with E-state index in [9.17, 15) is 18.0 Å². The van der Waals surface area contributed by atoms with Gasteiger partial charge in [-0.1, -0.05) is 0 Å². The van der Waals surface area contributed by atoms with Gasteiger partial charge in [-0.15, -0.1) is 0 Å². The van der Waals surface area contributed by atoms with E-state index >= 15 is 0 Å². The van der Waals surface area contributed by atoms with E-state index in [-0.39, 0.29) is 24.2 Å². The number of carbonyl (C=O) groups excluding carboxylic acids is 1. The van der Waals surface area contributed by atoms with E-state index in [0.717, 1.165) is 18.5 Å². The molecule has 0 bridgehead atoms. The van der Waals surface area contributed by atoms with Gasteiger partial charge in [-0.05, 0) is 61.4 Å². The van der Waals surface area contributed by atoms with Crippen LogP contribution in [0.5, 0.6) is 5.75 Å². The predicted molar refractivity (Wildman–Crippen MR) is 99.4 cm³/mol. The lowest BCUT2D eigenvalue weighted by atomic mass is 10.0. The summed E-state index contributed by atoms with van der Waals surface area (Å²) in [5.74, 6) is -2.74. The normalized spacial score (nSPS) is 21.2. The second kappa shape index (κ2) is 7.37. The number of piperidine rings is 1. The molecule has 0 radical (unpaired) electrons. The van der Waals surface area contributed by atoms with Gasteiger partial charge in [0.25, 0.3) is 11.8 Å². The van der Waals surface area contributed by atoms with Crippen molar-refractivity contribution >= 4 is 11.6 Å². The van der Waals surface area contributed by atoms with Crippen LogP contribution in [0.1, 0.15) is 29.6 Å². The molecular formula is C21H21F3N2O2. The Bertz CT molecular complexity index is 832. The summed E-state index contributed by atoms with van der Waals surface area (Å²) in [6.45, 7) is 1.23. The minimum absolute atomic E-state index is 0.0801. The first kappa shape index (κ1) is 18.7. The molecule has 1 amide bonds. The van der Waals surface area contributed by atoms with Gasteiger partial charge >= 0.3 is 0 Å². The number of amides is 1. The van der Waals surface area contributed by atoms with E-state index in [0.29, 0.717) is 24.4 Å². The van der Waals surface area contributed by atoms with Gasteiger partial charge in [0.15, 0.2) is 6.10 Å². The highest BCUT2D eigenvalue weighted by atomic mass is 19.3. The summed E-state index contributed by atoms with van der Waals surface area (Å²) in [4.78, 5) is 14.4. The molecule has 1 aliphatic heterocycles. The summed E-state index contributed by atoms with van der Waals surface area (Å²) in [7, 11) is 0. The topological polar surface area (TPSA) is 41.6 Å². The van der Waals surface area contributed by atoms with E-state index < -0.39 is 12.0 Å². The van der Waals surface area contributed by atoms with E-state index in [1.165, 1.54) is 12.1 Å². The molecule has 0 aromatic heterocycles. The van der Waals surface area contributed by atoms with Crippen molar-refractivity contribution in [2.75, 3.05) is 18.4 Å². The molecule has 4 rings (SSSR count). The molecule has 7 heteroatoms. The van der Waals surface area contributed by atoms with Crippen LogP contribution in [0.15, 0.2) is 48.5 Å². The summed E-state index contributed by atoms with van der Waals surface area (Å²) in [6, 6.07) is 12.8. The molecule has 0 spiro atoms. The number of hydrogen-bond donors (Lipinski definition) is 1. The van der Waals surface area contributed by atoms with Crippen molar-refractivity contribution < 1.29 is 22.7 Å². The van der Waals surface area contributed by atoms with Crippen molar-refractivity contribution in [1.29, 1.82) is 0 Å². The fraction of sp³-hybridized carbons (Fsp3) is 0.381. The van der Waals surface area contributed by atoms with E-state index in [1.807, 2.05) is 0 Å². The van der Waals surface area contributed by atoms with Crippen molar-refractivity contribution in [3.8, 4) is 5.75 Å². The van der Waals surface area contributed by atoms with Gasteiger partial charge in [-0.3, -0.25) is 4.79 Å². The first-order valence-electron chi connectivity index (χ1n) is 9.37. The number of benzene rings is 2. The van der Waals surface area contributed by atoms with Crippen molar-refractivity contribution in [2.24, 2.45) is 0 Å². The summed E-state index contributed by atoms with van der Waals surface area (Å²) in [5, 5.41) is 3.36. The SMILES string of the molecule is O=C(c1ccc(OC2CC2(F)F)cc1)N1CCC(Nc2ccc(F)cc2)CC1. The zero-order chi connectivity index (χ0) is 19.7. The van der Waals surface area contributed by atoms with Gasteiger partial charge < -0.3 is 15.0 Å². The Balaban J connectivity index is 1.28. The van der Waals surface area contributed by atoms with Crippen LogP contribution in [-0.2, 0) is 0 Å². The first-order valence-corrected chi connectivity index (χ1v) is 9.37. The number of likely N-dealkylation sites (tertiary alicyclic amines) is 1. The zero-order valence-electron chi connectivity index (χ0n) is 15.2. The number of rotatable bonds is 5. The second-order valence-electron chi connectivity index (χ2n) is 7.31. The van der Waals surface area contributed by atoms with Crippen molar-refractivity contribution in [2.45, 2.75) is 37.3 Å². The Labute approximate surface area is 161 Å². The lowest BCUT2D eigenvalue weighted by Gasteiger charge is -2.33. The van der Waals surface area contributed by atoms with E-state index in [1.54, 1.807) is 41.3 Å². The molecule has 1 atom stereocenters. The van der Waals surface area contributed by atoms with Gasteiger partial charge in [-0.2, -0.15) is 0 Å². The molecule has 1 N–H and O–H groups in total. The third-order valence-corrected chi connectivity index (χ3v) is 5.15. The molecule has 1 saturated heterocycles. The molecule has 2 aromatic rings. The number of anilines is 1. The van der Waals surface area contributed by atoms with Crippen molar-refractivity contribution in [3.63, 3.8) is 0 Å². The lowest BCUT2D eigenvalue weighted by molar-refractivity contribution is 0.0662. The predicted octanol–water partition coefficient (Wildman–Crippen LogP) is 4.33. The Morgan fingerprint density at radius 1 is 1.04 bits per heavy atom. The number of carbonyl (C=O) groups is 1. The van der Waals surface area contributed by atoms with Crippen molar-refractivity contribution in [1.82, 2.24) is 4.90 Å². The summed E-state index contributed by atoms with van der Waals surface area (Å²) < 4.78 is 44.0. The average molecular weight is 390 g/mol. The summed E-state index contributed by atoms with van der Waals surface area (Å²) in [5.41, 5.74) is 1.38. The number of alkyl halides is 2. The molecule has 1 heterocycles. The third kappa shape index (κ3) is 4.24. The maximum absolute atomic E-state index is 13.0. The molecule has 148 valence electrons. The number of ether oxygens (including phenoxy) is 1. The summed E-state index contributed by atoms with van der Waals surface area (Å²) >= 11 is 0. The number of nitrogens with zero attached hydrogens (tertiary/aromatic N) is 1. The third-order valence-electron chi connectivity index (χ3n) is 5.15. The standard InChI is InChI=1S/C21H21F3N2O2/c22-15-3-5-16(6-4-15)25-17-9-11-26(12-10-17)20(27)14-1-7-18(8-2-14)28-19-13-21(19,23)24/h1-8,17,19,25H,9-13H2. The quantitative estimate of drug-likeness (QED) is 0.826. The van der Waals surface area contributed by atoms with Gasteiger partial charge in [0.1, 0.15) is 11.6 Å². The van der Waals surface area contributed by atoms with Crippen LogP contribution in [0.25, 0.3) is 0 Å². The smallest absolute Gasteiger partial charge is 0.288 e. The summed E-state index contributed by atoms with van der Waals surface area (Å²) in [6.07, 6.45) is 0.276. The van der Waals surface area contributed by atoms with Gasteiger partial charge in [0.05, 0.1) is 6.42 Å². The first-order chi connectivity index (χ1) is 13.4. The fourth-order valence-electron chi connectivity index (χ4n) is 3.35. The van der Waals surface area contributed by atoms with Crippen LogP contribution in [0.3, 0.4) is 0 Å². The molecular weight excluding hydrogens is 369 g/mol. The second-order valence-corrected chi connectivity index (χ2v) is 7.31. The number of halogens is 3. The molecule has 2 fully saturated rings. The highest BCUT2D eigenvalue weighted by Gasteiger charge is 2.59. The lowest BCUT2D eigenvalue weighted by Crippen LogP contribution is -2.42. The Morgan fingerprint density at radius 2 is 1.64 bits per heavy atom. The number of hydrogen-bond acceptors (Lipinski definition) is 3. The van der Waals surface area contributed by atoms with E-state index in [2.05, 4.69) is 5.32 Å². The fourth-order valence-corrected chi connectivity index (χ4v) is 3.35. The van der Waals surface area contributed by atoms with Crippen LogP contribution in [0, 0.1) is 5.82 Å². The van der Waals surface area contributed by atoms with Crippen LogP contribution < -0.4 is 10.1 Å². The Hall–Kier alpha value is -2.70. The van der Waals surface area contributed by atoms with Crippen molar-refractivity contribution in [3.05, 3.63) is 59.9 Å². The van der Waals surface area contributed by atoms with E-state index in [4.69, 9.17) is 4.74 Å². The minimum Gasteiger partial charge on any atom is -0.484 e. The Kier molecular flexibility index (Phi) is 4.91. The molecule has 2 aliphatic rings. The van der Waals surface area contributed by atoms with Gasteiger partial charge in [-0.25, -0.2) is 13.2 Å². The van der Waals surface area contributed by atoms with Crippen LogP contribution in [0.2, 0.25) is 0 Å². The highest BCUT2D eigenvalue weighted by Crippen LogP contribution is 2.44. The van der Waals surface area contributed by atoms with Gasteiger partial charge in [0.2, 0.25) is 0 Å². The molecule has 4 nitrogen and oxygen atoms in total. The highest BCUT2D eigenvalue weighted by molar-refractivity contribution is 5.94. The van der Waals surface area contributed by atoms with Crippen LogP contribution in [0.4, 0.5) is 18.9 Å². The van der Waals surface area contributed by atoms with Crippen LogP contribution in [-0.4, -0.2) is 42.0 Å². The zero-order valence-corrected chi connectivity index (χ0v) is 15.2. The Morgan fingerprint density at radius 3 is 2.21 bits per heavy atom. The molecule has 1 unspecified atom stereocenters. The molecule has 1 aliphatic carbocycles.